The molecule has 1 aromatic carbocycles. The minimum absolute atomic E-state index is 0.0815. The van der Waals surface area contributed by atoms with Crippen molar-refractivity contribution in [3.8, 4) is 0 Å². The van der Waals surface area contributed by atoms with Crippen LogP contribution in [-0.4, -0.2) is 29.9 Å². The van der Waals surface area contributed by atoms with Gasteiger partial charge in [-0.2, -0.15) is 0 Å². The van der Waals surface area contributed by atoms with Crippen molar-refractivity contribution in [1.29, 1.82) is 0 Å². The Hall–Kier alpha value is -1.00. The number of thioether (sulfide) groups is 1. The molecule has 18 heavy (non-hydrogen) atoms. The predicted octanol–water partition coefficient (Wildman–Crippen LogP) is 2.43. The molecular weight excluding hydrogens is 246 g/mol. The van der Waals surface area contributed by atoms with Crippen LogP contribution in [0.15, 0.2) is 23.1 Å². The van der Waals surface area contributed by atoms with Crippen molar-refractivity contribution in [3.05, 3.63) is 29.3 Å². The predicted molar refractivity (Wildman–Crippen MR) is 71.5 cm³/mol. The minimum Gasteiger partial charge on any atom is -0.272 e. The van der Waals surface area contributed by atoms with Gasteiger partial charge in [-0.05, 0) is 48.9 Å². The summed E-state index contributed by atoms with van der Waals surface area (Å²) in [6.07, 6.45) is 4.62. The highest BCUT2D eigenvalue weighted by Crippen LogP contribution is 2.27. The minimum atomic E-state index is 0.0815. The van der Waals surface area contributed by atoms with Gasteiger partial charge in [-0.3, -0.25) is 9.63 Å². The van der Waals surface area contributed by atoms with Crippen LogP contribution in [-0.2, 0) is 22.5 Å². The van der Waals surface area contributed by atoms with Gasteiger partial charge < -0.3 is 0 Å². The van der Waals surface area contributed by atoms with Crippen molar-refractivity contribution in [2.75, 3.05) is 18.9 Å². The first-order valence-corrected chi connectivity index (χ1v) is 7.49. The van der Waals surface area contributed by atoms with E-state index in [0.29, 0.717) is 12.4 Å². The number of hydrogen-bond acceptors (Lipinski definition) is 3. The molecule has 0 saturated carbocycles. The molecule has 1 saturated heterocycles. The summed E-state index contributed by atoms with van der Waals surface area (Å²) in [4.78, 5) is 18.3. The number of aryl methyl sites for hydroxylation is 2. The lowest BCUT2D eigenvalue weighted by atomic mass is 10.1. The summed E-state index contributed by atoms with van der Waals surface area (Å²) >= 11 is 1.61. The van der Waals surface area contributed by atoms with Gasteiger partial charge in [0.25, 0.3) is 5.91 Å². The molecule has 1 aliphatic heterocycles. The largest absolute Gasteiger partial charge is 0.272 e. The van der Waals surface area contributed by atoms with Gasteiger partial charge in [-0.1, -0.05) is 6.07 Å². The monoisotopic (exact) mass is 263 g/mol. The van der Waals surface area contributed by atoms with Gasteiger partial charge in [0.05, 0.1) is 18.9 Å². The van der Waals surface area contributed by atoms with Gasteiger partial charge >= 0.3 is 0 Å². The van der Waals surface area contributed by atoms with E-state index in [-0.39, 0.29) is 5.91 Å². The average molecular weight is 263 g/mol. The molecule has 3 rings (SSSR count). The van der Waals surface area contributed by atoms with Crippen LogP contribution in [0.1, 0.15) is 24.0 Å². The molecule has 0 bridgehead atoms. The summed E-state index contributed by atoms with van der Waals surface area (Å²) < 4.78 is 0. The number of carbonyl (C=O) groups excluding carboxylic acids is 1. The Morgan fingerprint density at radius 3 is 3.00 bits per heavy atom. The molecular formula is C14H17NO2S. The molecule has 1 aliphatic carbocycles. The Balaban J connectivity index is 1.58. The molecule has 0 aromatic heterocycles. The normalized spacial score (nSPS) is 18.1. The van der Waals surface area contributed by atoms with Gasteiger partial charge in [-0.25, -0.2) is 5.06 Å². The lowest BCUT2D eigenvalue weighted by molar-refractivity contribution is -0.165. The Kier molecular flexibility index (Phi) is 3.57. The number of hydrogen-bond donors (Lipinski definition) is 0. The van der Waals surface area contributed by atoms with Crippen LogP contribution in [0.2, 0.25) is 0 Å². The number of benzene rings is 1. The van der Waals surface area contributed by atoms with E-state index in [0.717, 1.165) is 13.0 Å². The molecule has 0 spiro atoms. The summed E-state index contributed by atoms with van der Waals surface area (Å²) in [5, 5.41) is 1.50. The molecule has 0 N–H and O–H groups in total. The molecule has 1 heterocycles. The number of amides is 1. The van der Waals surface area contributed by atoms with E-state index in [4.69, 9.17) is 4.84 Å². The lowest BCUT2D eigenvalue weighted by Crippen LogP contribution is -2.28. The van der Waals surface area contributed by atoms with Crippen molar-refractivity contribution < 1.29 is 9.63 Å². The fourth-order valence-corrected chi connectivity index (χ4v) is 3.32. The Morgan fingerprint density at radius 2 is 2.17 bits per heavy atom. The first-order chi connectivity index (χ1) is 8.83. The fraction of sp³-hybridized carbons (Fsp3) is 0.500. The van der Waals surface area contributed by atoms with E-state index < -0.39 is 0 Å². The van der Waals surface area contributed by atoms with Crippen molar-refractivity contribution in [3.63, 3.8) is 0 Å². The second-order valence-corrected chi connectivity index (χ2v) is 5.80. The van der Waals surface area contributed by atoms with Gasteiger partial charge in [0.15, 0.2) is 0 Å². The van der Waals surface area contributed by atoms with Crippen LogP contribution in [0.4, 0.5) is 0 Å². The lowest BCUT2D eigenvalue weighted by Gasteiger charge is -2.13. The molecule has 1 aromatic rings. The number of nitrogens with zero attached hydrogens (tertiary/aromatic N) is 1. The molecule has 0 radical (unpaired) electrons. The topological polar surface area (TPSA) is 29.5 Å². The molecule has 0 unspecified atom stereocenters. The molecule has 0 atom stereocenters. The Bertz CT molecular complexity index is 455. The van der Waals surface area contributed by atoms with Gasteiger partial charge in [0.2, 0.25) is 0 Å². The quantitative estimate of drug-likeness (QED) is 0.784. The number of carbonyl (C=O) groups is 1. The highest BCUT2D eigenvalue weighted by molar-refractivity contribution is 8.00. The van der Waals surface area contributed by atoms with Crippen molar-refractivity contribution in [2.45, 2.75) is 30.6 Å². The number of fused-ring (bicyclic) bond motifs is 1. The number of hydroxylamine groups is 2. The summed E-state index contributed by atoms with van der Waals surface area (Å²) in [7, 11) is 0. The van der Waals surface area contributed by atoms with Gasteiger partial charge in [-0.15, -0.1) is 11.8 Å². The Morgan fingerprint density at radius 1 is 1.28 bits per heavy atom. The first-order valence-electron chi connectivity index (χ1n) is 6.51. The third kappa shape index (κ3) is 2.54. The smallest absolute Gasteiger partial charge is 0.256 e. The van der Waals surface area contributed by atoms with E-state index in [1.54, 1.807) is 11.8 Å². The van der Waals surface area contributed by atoms with Gasteiger partial charge in [0.1, 0.15) is 0 Å². The highest BCUT2D eigenvalue weighted by Gasteiger charge is 2.19. The van der Waals surface area contributed by atoms with E-state index in [2.05, 4.69) is 18.2 Å². The van der Waals surface area contributed by atoms with Crippen molar-refractivity contribution in [2.24, 2.45) is 0 Å². The van der Waals surface area contributed by atoms with Crippen LogP contribution in [0.25, 0.3) is 0 Å². The summed E-state index contributed by atoms with van der Waals surface area (Å²) in [5.41, 5.74) is 2.94. The molecule has 2 aliphatic rings. The molecule has 1 amide bonds. The van der Waals surface area contributed by atoms with Crippen LogP contribution >= 0.6 is 11.8 Å². The summed E-state index contributed by atoms with van der Waals surface area (Å²) in [6.45, 7) is 1.42. The third-order valence-electron chi connectivity index (χ3n) is 3.46. The maximum atomic E-state index is 11.8. The molecule has 3 nitrogen and oxygen atoms in total. The third-order valence-corrected chi connectivity index (χ3v) is 4.44. The fourth-order valence-electron chi connectivity index (χ4n) is 2.50. The standard InChI is InChI=1S/C14H17NO2S/c16-14(15-7-2-8-17-15)10-18-13-6-5-11-3-1-4-12(11)9-13/h5-6,9H,1-4,7-8,10H2. The Labute approximate surface area is 111 Å². The maximum Gasteiger partial charge on any atom is 0.256 e. The second kappa shape index (κ2) is 5.33. The SMILES string of the molecule is O=C(CSc1ccc2c(c1)CCC2)N1CCCO1. The van der Waals surface area contributed by atoms with Crippen molar-refractivity contribution >= 4 is 17.7 Å². The van der Waals surface area contributed by atoms with Crippen LogP contribution in [0, 0.1) is 0 Å². The van der Waals surface area contributed by atoms with E-state index in [1.807, 2.05) is 0 Å². The number of rotatable bonds is 3. The first kappa shape index (κ1) is 12.1. The zero-order valence-corrected chi connectivity index (χ0v) is 11.2. The highest BCUT2D eigenvalue weighted by atomic mass is 32.2. The second-order valence-electron chi connectivity index (χ2n) is 4.76. The van der Waals surface area contributed by atoms with Crippen LogP contribution in [0.3, 0.4) is 0 Å². The summed E-state index contributed by atoms with van der Waals surface area (Å²) in [6, 6.07) is 6.58. The maximum absolute atomic E-state index is 11.8. The van der Waals surface area contributed by atoms with E-state index >= 15 is 0 Å². The zero-order valence-electron chi connectivity index (χ0n) is 10.4. The van der Waals surface area contributed by atoms with E-state index in [9.17, 15) is 4.79 Å². The summed E-state index contributed by atoms with van der Waals surface area (Å²) in [5.74, 6) is 0.552. The molecule has 96 valence electrons. The van der Waals surface area contributed by atoms with Gasteiger partial charge in [0, 0.05) is 4.90 Å². The molecule has 1 fully saturated rings. The van der Waals surface area contributed by atoms with Crippen LogP contribution < -0.4 is 0 Å². The zero-order chi connectivity index (χ0) is 12.4. The van der Waals surface area contributed by atoms with Crippen molar-refractivity contribution in [1.82, 2.24) is 5.06 Å². The van der Waals surface area contributed by atoms with E-state index in [1.165, 1.54) is 40.3 Å². The average Bonchev–Trinajstić information content (AvgIpc) is 3.05. The van der Waals surface area contributed by atoms with Crippen LogP contribution in [0.5, 0.6) is 0 Å². The molecule has 4 heteroatoms.